The molecular formula is C20H24F3N5O2. The molecule has 1 fully saturated rings. The fourth-order valence-corrected chi connectivity index (χ4v) is 3.98. The van der Waals surface area contributed by atoms with E-state index in [2.05, 4.69) is 19.9 Å². The molecule has 0 bridgehead atoms. The lowest BCUT2D eigenvalue weighted by molar-refractivity contribution is -0.274. The van der Waals surface area contributed by atoms with Gasteiger partial charge in [-0.15, -0.1) is 18.3 Å². The van der Waals surface area contributed by atoms with Crippen molar-refractivity contribution in [1.29, 1.82) is 0 Å². The van der Waals surface area contributed by atoms with Gasteiger partial charge in [0.15, 0.2) is 0 Å². The van der Waals surface area contributed by atoms with Crippen LogP contribution in [0.5, 0.6) is 5.75 Å². The molecule has 2 aromatic rings. The number of benzene rings is 1. The van der Waals surface area contributed by atoms with Crippen LogP contribution in [0.4, 0.5) is 13.2 Å². The van der Waals surface area contributed by atoms with E-state index in [1.54, 1.807) is 12.1 Å². The van der Waals surface area contributed by atoms with Crippen LogP contribution in [0.25, 0.3) is 0 Å². The van der Waals surface area contributed by atoms with Crippen LogP contribution in [0.1, 0.15) is 36.2 Å². The predicted molar refractivity (Wildman–Crippen MR) is 101 cm³/mol. The lowest BCUT2D eigenvalue weighted by atomic mass is 10.1. The molecule has 1 aromatic carbocycles. The van der Waals surface area contributed by atoms with E-state index in [1.165, 1.54) is 12.1 Å². The Kier molecular flexibility index (Phi) is 5.94. The molecule has 0 atom stereocenters. The van der Waals surface area contributed by atoms with Crippen molar-refractivity contribution >= 4 is 5.91 Å². The van der Waals surface area contributed by atoms with Gasteiger partial charge in [0.2, 0.25) is 5.91 Å². The smallest absolute Gasteiger partial charge is 0.406 e. The molecule has 0 N–H and O–H groups in total. The van der Waals surface area contributed by atoms with Crippen molar-refractivity contribution in [3.05, 3.63) is 41.2 Å². The van der Waals surface area contributed by atoms with Crippen molar-refractivity contribution < 1.29 is 22.7 Å². The Morgan fingerprint density at radius 3 is 2.50 bits per heavy atom. The third kappa shape index (κ3) is 5.10. The number of amides is 1. The quantitative estimate of drug-likeness (QED) is 0.715. The number of alkyl halides is 3. The van der Waals surface area contributed by atoms with Gasteiger partial charge < -0.3 is 9.64 Å². The number of rotatable bonds is 6. The first-order chi connectivity index (χ1) is 14.4. The summed E-state index contributed by atoms with van der Waals surface area (Å²) in [4.78, 5) is 16.4. The standard InChI is InChI=1S/C20H24F3N5O2/c21-20(22,23)30-16-5-3-15(4-6-16)13-26-11-12-28-18(14-26)17(24-25-28)7-8-19(29)27-9-1-2-10-27/h3-6H,1-2,7-14H2. The predicted octanol–water partition coefficient (Wildman–Crippen LogP) is 2.75. The zero-order valence-corrected chi connectivity index (χ0v) is 16.6. The van der Waals surface area contributed by atoms with Crippen molar-refractivity contribution in [1.82, 2.24) is 24.8 Å². The van der Waals surface area contributed by atoms with Crippen molar-refractivity contribution in [2.45, 2.75) is 51.7 Å². The van der Waals surface area contributed by atoms with Crippen LogP contribution < -0.4 is 4.74 Å². The highest BCUT2D eigenvalue weighted by Gasteiger charge is 2.31. The molecule has 1 aromatic heterocycles. The molecule has 162 valence electrons. The maximum atomic E-state index is 12.3. The molecule has 0 unspecified atom stereocenters. The van der Waals surface area contributed by atoms with E-state index in [0.717, 1.165) is 49.4 Å². The summed E-state index contributed by atoms with van der Waals surface area (Å²) >= 11 is 0. The van der Waals surface area contributed by atoms with Gasteiger partial charge in [0.25, 0.3) is 0 Å². The summed E-state index contributed by atoms with van der Waals surface area (Å²) in [5.41, 5.74) is 2.75. The Morgan fingerprint density at radius 1 is 1.07 bits per heavy atom. The molecule has 3 heterocycles. The van der Waals surface area contributed by atoms with Crippen LogP contribution in [0, 0.1) is 0 Å². The number of carbonyl (C=O) groups excluding carboxylic acids is 1. The van der Waals surface area contributed by atoms with E-state index in [9.17, 15) is 18.0 Å². The number of aryl methyl sites for hydroxylation is 1. The van der Waals surface area contributed by atoms with Crippen molar-refractivity contribution in [3.63, 3.8) is 0 Å². The number of nitrogens with zero attached hydrogens (tertiary/aromatic N) is 5. The number of hydrogen-bond acceptors (Lipinski definition) is 5. The first-order valence-electron chi connectivity index (χ1n) is 10.1. The molecule has 1 amide bonds. The Labute approximate surface area is 172 Å². The van der Waals surface area contributed by atoms with Crippen LogP contribution in [0.2, 0.25) is 0 Å². The van der Waals surface area contributed by atoms with Gasteiger partial charge in [-0.25, -0.2) is 4.68 Å². The fraction of sp³-hybridized carbons (Fsp3) is 0.550. The largest absolute Gasteiger partial charge is 0.573 e. The minimum Gasteiger partial charge on any atom is -0.406 e. The first-order valence-corrected chi connectivity index (χ1v) is 10.1. The van der Waals surface area contributed by atoms with E-state index in [0.29, 0.717) is 32.5 Å². The van der Waals surface area contributed by atoms with Crippen LogP contribution in [0.3, 0.4) is 0 Å². The molecule has 10 heteroatoms. The minimum absolute atomic E-state index is 0.170. The van der Waals surface area contributed by atoms with Gasteiger partial charge in [-0.05, 0) is 30.5 Å². The van der Waals surface area contributed by atoms with Gasteiger partial charge in [0.1, 0.15) is 5.75 Å². The zero-order chi connectivity index (χ0) is 21.1. The number of ether oxygens (including phenoxy) is 1. The highest BCUT2D eigenvalue weighted by atomic mass is 19.4. The van der Waals surface area contributed by atoms with E-state index in [-0.39, 0.29) is 11.7 Å². The fourth-order valence-electron chi connectivity index (χ4n) is 3.98. The summed E-state index contributed by atoms with van der Waals surface area (Å²) in [5, 5.41) is 8.49. The second-order valence-electron chi connectivity index (χ2n) is 7.70. The van der Waals surface area contributed by atoms with Gasteiger partial charge >= 0.3 is 6.36 Å². The van der Waals surface area contributed by atoms with Crippen LogP contribution in [-0.4, -0.2) is 56.7 Å². The van der Waals surface area contributed by atoms with Gasteiger partial charge in [-0.2, -0.15) is 0 Å². The highest BCUT2D eigenvalue weighted by molar-refractivity contribution is 5.76. The lowest BCUT2D eigenvalue weighted by Gasteiger charge is -2.27. The average molecular weight is 423 g/mol. The number of carbonyl (C=O) groups is 1. The molecule has 0 spiro atoms. The highest BCUT2D eigenvalue weighted by Crippen LogP contribution is 2.24. The van der Waals surface area contributed by atoms with Crippen molar-refractivity contribution in [3.8, 4) is 5.75 Å². The van der Waals surface area contributed by atoms with Crippen LogP contribution >= 0.6 is 0 Å². The Balaban J connectivity index is 1.34. The van der Waals surface area contributed by atoms with Crippen LogP contribution in [-0.2, 0) is 30.8 Å². The Morgan fingerprint density at radius 2 is 1.80 bits per heavy atom. The van der Waals surface area contributed by atoms with Gasteiger partial charge in [-0.1, -0.05) is 17.3 Å². The third-order valence-electron chi connectivity index (χ3n) is 5.52. The second kappa shape index (κ2) is 8.63. The summed E-state index contributed by atoms with van der Waals surface area (Å²) in [5.74, 6) is -0.0554. The summed E-state index contributed by atoms with van der Waals surface area (Å²) in [6.07, 6.45) is -1.53. The monoisotopic (exact) mass is 423 g/mol. The third-order valence-corrected chi connectivity index (χ3v) is 5.52. The zero-order valence-electron chi connectivity index (χ0n) is 16.6. The molecule has 7 nitrogen and oxygen atoms in total. The molecule has 2 aliphatic heterocycles. The molecule has 2 aliphatic rings. The number of hydrogen-bond donors (Lipinski definition) is 0. The summed E-state index contributed by atoms with van der Waals surface area (Å²) < 4.78 is 42.7. The Hall–Kier alpha value is -2.62. The molecule has 1 saturated heterocycles. The molecule has 0 saturated carbocycles. The molecule has 4 rings (SSSR count). The first kappa shape index (κ1) is 20.6. The van der Waals surface area contributed by atoms with E-state index in [4.69, 9.17) is 0 Å². The van der Waals surface area contributed by atoms with E-state index in [1.807, 2.05) is 9.58 Å². The topological polar surface area (TPSA) is 63.5 Å². The number of aromatic nitrogens is 3. The van der Waals surface area contributed by atoms with Crippen LogP contribution in [0.15, 0.2) is 24.3 Å². The summed E-state index contributed by atoms with van der Waals surface area (Å²) in [6.45, 7) is 4.39. The summed E-state index contributed by atoms with van der Waals surface area (Å²) in [6, 6.07) is 5.93. The normalized spacial score (nSPS) is 17.2. The molecule has 0 aliphatic carbocycles. The maximum Gasteiger partial charge on any atom is 0.573 e. The molecule has 0 radical (unpaired) electrons. The van der Waals surface area contributed by atoms with E-state index >= 15 is 0 Å². The van der Waals surface area contributed by atoms with Gasteiger partial charge in [0.05, 0.1) is 17.9 Å². The van der Waals surface area contributed by atoms with E-state index < -0.39 is 6.36 Å². The van der Waals surface area contributed by atoms with Gasteiger partial charge in [-0.3, -0.25) is 9.69 Å². The van der Waals surface area contributed by atoms with Crippen molar-refractivity contribution in [2.24, 2.45) is 0 Å². The van der Waals surface area contributed by atoms with Crippen molar-refractivity contribution in [2.75, 3.05) is 19.6 Å². The number of likely N-dealkylation sites (tertiary alicyclic amines) is 1. The minimum atomic E-state index is -4.69. The SMILES string of the molecule is O=C(CCc1nnn2c1CN(Cc1ccc(OC(F)(F)F)cc1)CC2)N1CCCC1. The number of halogens is 3. The lowest BCUT2D eigenvalue weighted by Crippen LogP contribution is -2.34. The maximum absolute atomic E-state index is 12.3. The summed E-state index contributed by atoms with van der Waals surface area (Å²) in [7, 11) is 0. The van der Waals surface area contributed by atoms with Gasteiger partial charge in [0, 0.05) is 45.6 Å². The molecular weight excluding hydrogens is 399 g/mol. The number of fused-ring (bicyclic) bond motifs is 1. The average Bonchev–Trinajstić information content (AvgIpc) is 3.36. The molecule has 30 heavy (non-hydrogen) atoms. The second-order valence-corrected chi connectivity index (χ2v) is 7.70. The Bertz CT molecular complexity index is 876.